The van der Waals surface area contributed by atoms with E-state index < -0.39 is 33.8 Å². The Labute approximate surface area is 197 Å². The zero-order valence-corrected chi connectivity index (χ0v) is 19.2. The monoisotopic (exact) mass is 478 g/mol. The first-order valence-electron chi connectivity index (χ1n) is 10.5. The van der Waals surface area contributed by atoms with Gasteiger partial charge in [-0.25, -0.2) is 13.3 Å². The van der Waals surface area contributed by atoms with Crippen molar-refractivity contribution < 1.29 is 27.5 Å². The van der Waals surface area contributed by atoms with Crippen molar-refractivity contribution in [3.63, 3.8) is 0 Å². The van der Waals surface area contributed by atoms with Crippen LogP contribution in [0.5, 0.6) is 5.75 Å². The molecule has 1 heterocycles. The quantitative estimate of drug-likeness (QED) is 0.224. The average Bonchev–Trinajstić information content (AvgIpc) is 3.10. The third kappa shape index (κ3) is 4.35. The molecule has 174 valence electrons. The molecule has 4 rings (SSSR count). The normalized spacial score (nSPS) is 16.3. The van der Waals surface area contributed by atoms with Gasteiger partial charge in [-0.15, -0.1) is 6.58 Å². The van der Waals surface area contributed by atoms with Crippen LogP contribution < -0.4 is 9.64 Å². The summed E-state index contributed by atoms with van der Waals surface area (Å²) >= 11 is 0. The topological polar surface area (TPSA) is 101 Å². The smallest absolute Gasteiger partial charge is 0.308 e. The first kappa shape index (κ1) is 23.3. The molecule has 3 aromatic carbocycles. The third-order valence-electron chi connectivity index (χ3n) is 5.46. The fourth-order valence-electron chi connectivity index (χ4n) is 3.92. The summed E-state index contributed by atoms with van der Waals surface area (Å²) in [5.41, 5.74) is 0.259. The molecule has 3 aromatic rings. The van der Waals surface area contributed by atoms with E-state index in [-0.39, 0.29) is 29.3 Å². The Morgan fingerprint density at radius 2 is 1.76 bits per heavy atom. The standard InChI is InChI=1S/C25H22N2O6S/c1-3-14-26(34(31,32)22-13-8-18-6-4-5-7-19(18)15-22)23-16-24(29)27(25(23)30)20-9-11-21(12-10-20)33-17(2)28/h3-13,15,23H,1,14,16H2,2H3. The minimum absolute atomic E-state index is 0.0254. The molecule has 0 N–H and O–H groups in total. The van der Waals surface area contributed by atoms with E-state index in [0.717, 1.165) is 20.0 Å². The summed E-state index contributed by atoms with van der Waals surface area (Å²) in [5.74, 6) is -1.42. The summed E-state index contributed by atoms with van der Waals surface area (Å²) in [5, 5.41) is 1.62. The predicted molar refractivity (Wildman–Crippen MR) is 127 cm³/mol. The van der Waals surface area contributed by atoms with Crippen LogP contribution in [-0.2, 0) is 24.4 Å². The first-order chi connectivity index (χ1) is 16.2. The second-order valence-electron chi connectivity index (χ2n) is 7.75. The van der Waals surface area contributed by atoms with Crippen LogP contribution in [0.4, 0.5) is 5.69 Å². The Morgan fingerprint density at radius 1 is 1.09 bits per heavy atom. The molecule has 34 heavy (non-hydrogen) atoms. The van der Waals surface area contributed by atoms with E-state index in [2.05, 4.69) is 6.58 Å². The minimum atomic E-state index is -4.12. The Bertz CT molecular complexity index is 1400. The van der Waals surface area contributed by atoms with E-state index in [1.165, 1.54) is 43.3 Å². The highest BCUT2D eigenvalue weighted by Crippen LogP contribution is 2.31. The highest BCUT2D eigenvalue weighted by atomic mass is 32.2. The Balaban J connectivity index is 1.66. The molecule has 1 fully saturated rings. The number of carbonyl (C=O) groups is 3. The van der Waals surface area contributed by atoms with Crippen molar-refractivity contribution >= 4 is 44.3 Å². The maximum Gasteiger partial charge on any atom is 0.308 e. The molecule has 0 aromatic heterocycles. The number of sulfonamides is 1. The summed E-state index contributed by atoms with van der Waals surface area (Å²) < 4.78 is 33.1. The van der Waals surface area contributed by atoms with Gasteiger partial charge in [0.25, 0.3) is 5.91 Å². The second kappa shape index (κ2) is 9.20. The molecular weight excluding hydrogens is 456 g/mol. The average molecular weight is 479 g/mol. The lowest BCUT2D eigenvalue weighted by molar-refractivity contribution is -0.132. The van der Waals surface area contributed by atoms with E-state index in [1.807, 2.05) is 18.2 Å². The van der Waals surface area contributed by atoms with Crippen molar-refractivity contribution in [2.24, 2.45) is 0 Å². The summed E-state index contributed by atoms with van der Waals surface area (Å²) in [4.78, 5) is 38.1. The van der Waals surface area contributed by atoms with Crippen LogP contribution in [0.15, 0.2) is 84.3 Å². The van der Waals surface area contributed by atoms with Gasteiger partial charge in [-0.05, 0) is 47.2 Å². The summed E-state index contributed by atoms with van der Waals surface area (Å²) in [6.07, 6.45) is 1.08. The largest absolute Gasteiger partial charge is 0.427 e. The van der Waals surface area contributed by atoms with Gasteiger partial charge in [0.15, 0.2) is 0 Å². The minimum Gasteiger partial charge on any atom is -0.427 e. The number of amides is 2. The van der Waals surface area contributed by atoms with E-state index in [1.54, 1.807) is 18.2 Å². The van der Waals surface area contributed by atoms with E-state index >= 15 is 0 Å². The third-order valence-corrected chi connectivity index (χ3v) is 7.33. The van der Waals surface area contributed by atoms with Crippen molar-refractivity contribution in [3.05, 3.63) is 79.4 Å². The predicted octanol–water partition coefficient (Wildman–Crippen LogP) is 3.27. The van der Waals surface area contributed by atoms with Gasteiger partial charge in [0.2, 0.25) is 15.9 Å². The van der Waals surface area contributed by atoms with Gasteiger partial charge in [-0.1, -0.05) is 36.4 Å². The fraction of sp³-hybridized carbons (Fsp3) is 0.160. The summed E-state index contributed by atoms with van der Waals surface area (Å²) in [6.45, 7) is 4.75. The number of carbonyl (C=O) groups excluding carboxylic acids is 3. The van der Waals surface area contributed by atoms with Crippen molar-refractivity contribution in [1.82, 2.24) is 4.31 Å². The molecule has 2 amide bonds. The number of imide groups is 1. The van der Waals surface area contributed by atoms with E-state index in [0.29, 0.717) is 0 Å². The zero-order chi connectivity index (χ0) is 24.5. The lowest BCUT2D eigenvalue weighted by Gasteiger charge is -2.26. The van der Waals surface area contributed by atoms with Gasteiger partial charge >= 0.3 is 5.97 Å². The van der Waals surface area contributed by atoms with Crippen LogP contribution in [0.2, 0.25) is 0 Å². The van der Waals surface area contributed by atoms with Gasteiger partial charge in [-0.2, -0.15) is 4.31 Å². The molecule has 0 radical (unpaired) electrons. The molecule has 9 heteroatoms. The number of hydrogen-bond donors (Lipinski definition) is 0. The number of anilines is 1. The molecular formula is C25H22N2O6S. The van der Waals surface area contributed by atoms with Gasteiger partial charge in [0.1, 0.15) is 11.8 Å². The van der Waals surface area contributed by atoms with Crippen molar-refractivity contribution in [2.45, 2.75) is 24.3 Å². The Hall–Kier alpha value is -3.82. The maximum absolute atomic E-state index is 13.5. The van der Waals surface area contributed by atoms with Crippen molar-refractivity contribution in [2.75, 3.05) is 11.4 Å². The van der Waals surface area contributed by atoms with Gasteiger partial charge in [-0.3, -0.25) is 14.4 Å². The van der Waals surface area contributed by atoms with Crippen LogP contribution in [0.3, 0.4) is 0 Å². The maximum atomic E-state index is 13.5. The number of nitrogens with zero attached hydrogens (tertiary/aromatic N) is 2. The van der Waals surface area contributed by atoms with Crippen LogP contribution in [0.25, 0.3) is 10.8 Å². The number of benzene rings is 3. The number of fused-ring (bicyclic) bond motifs is 1. The lowest BCUT2D eigenvalue weighted by Crippen LogP contribution is -2.45. The van der Waals surface area contributed by atoms with Crippen molar-refractivity contribution in [3.8, 4) is 5.75 Å². The molecule has 1 aliphatic rings. The van der Waals surface area contributed by atoms with Crippen LogP contribution >= 0.6 is 0 Å². The number of rotatable bonds is 7. The molecule has 1 atom stereocenters. The molecule has 0 spiro atoms. The molecule has 0 saturated carbocycles. The van der Waals surface area contributed by atoms with Crippen LogP contribution in [-0.4, -0.2) is 43.1 Å². The summed E-state index contributed by atoms with van der Waals surface area (Å²) in [6, 6.07) is 16.7. The highest BCUT2D eigenvalue weighted by molar-refractivity contribution is 7.89. The second-order valence-corrected chi connectivity index (χ2v) is 9.64. The van der Waals surface area contributed by atoms with Crippen LogP contribution in [0, 0.1) is 0 Å². The molecule has 8 nitrogen and oxygen atoms in total. The van der Waals surface area contributed by atoms with E-state index in [4.69, 9.17) is 4.74 Å². The van der Waals surface area contributed by atoms with Crippen molar-refractivity contribution in [1.29, 1.82) is 0 Å². The van der Waals surface area contributed by atoms with Gasteiger partial charge in [0.05, 0.1) is 17.0 Å². The fourth-order valence-corrected chi connectivity index (χ4v) is 5.51. The Morgan fingerprint density at radius 3 is 2.41 bits per heavy atom. The highest BCUT2D eigenvalue weighted by Gasteiger charge is 2.46. The number of hydrogen-bond acceptors (Lipinski definition) is 6. The molecule has 1 unspecified atom stereocenters. The zero-order valence-electron chi connectivity index (χ0n) is 18.4. The SMILES string of the molecule is C=CCN(C1CC(=O)N(c2ccc(OC(C)=O)cc2)C1=O)S(=O)(=O)c1ccc2ccccc2c1. The number of ether oxygens (including phenoxy) is 1. The molecule has 1 aliphatic heterocycles. The summed E-state index contributed by atoms with van der Waals surface area (Å²) in [7, 11) is -4.12. The molecule has 0 aliphatic carbocycles. The Kier molecular flexibility index (Phi) is 6.32. The van der Waals surface area contributed by atoms with Gasteiger partial charge in [0, 0.05) is 13.5 Å². The molecule has 0 bridgehead atoms. The lowest BCUT2D eigenvalue weighted by atomic mass is 10.1. The number of esters is 1. The van der Waals surface area contributed by atoms with E-state index in [9.17, 15) is 22.8 Å². The first-order valence-corrected chi connectivity index (χ1v) is 11.9. The van der Waals surface area contributed by atoms with Crippen LogP contribution in [0.1, 0.15) is 13.3 Å². The molecule has 1 saturated heterocycles. The van der Waals surface area contributed by atoms with Gasteiger partial charge < -0.3 is 4.74 Å².